The maximum absolute atomic E-state index is 8.89. The van der Waals surface area contributed by atoms with Crippen LogP contribution in [-0.2, 0) is 0 Å². The molecule has 0 amide bonds. The predicted octanol–water partition coefficient (Wildman–Crippen LogP) is 1.78. The smallest absolute Gasteiger partial charge is 0.328 e. The van der Waals surface area contributed by atoms with Gasteiger partial charge in [0.2, 0.25) is 11.2 Å². The summed E-state index contributed by atoms with van der Waals surface area (Å²) in [4.78, 5) is 11.1. The number of benzene rings is 1. The third kappa shape index (κ3) is 3.20. The average Bonchev–Trinajstić information content (AvgIpc) is 2.37. The number of halogens is 1. The summed E-state index contributed by atoms with van der Waals surface area (Å²) in [5.74, 6) is 0.748. The van der Waals surface area contributed by atoms with Gasteiger partial charge in [0.1, 0.15) is 11.5 Å². The van der Waals surface area contributed by atoms with Gasteiger partial charge in [-0.25, -0.2) is 0 Å². The molecule has 19 heavy (non-hydrogen) atoms. The Kier molecular flexibility index (Phi) is 3.63. The first-order chi connectivity index (χ1) is 9.10. The summed E-state index contributed by atoms with van der Waals surface area (Å²) >= 11 is 5.63. The van der Waals surface area contributed by atoms with Crippen LogP contribution in [-0.4, -0.2) is 22.1 Å². The molecular formula is C11H8ClN5O2. The number of ether oxygens (including phenoxy) is 2. The number of methoxy groups -OCH3 is 1. The van der Waals surface area contributed by atoms with Crippen molar-refractivity contribution in [2.24, 2.45) is 0 Å². The Morgan fingerprint density at radius 2 is 1.95 bits per heavy atom. The zero-order chi connectivity index (χ0) is 13.8. The first-order valence-corrected chi connectivity index (χ1v) is 5.42. The van der Waals surface area contributed by atoms with E-state index in [1.54, 1.807) is 12.1 Å². The summed E-state index contributed by atoms with van der Waals surface area (Å²) in [5, 5.41) is 8.81. The number of rotatable bonds is 3. The van der Waals surface area contributed by atoms with Gasteiger partial charge in [0, 0.05) is 6.07 Å². The Morgan fingerprint density at radius 1 is 1.21 bits per heavy atom. The summed E-state index contributed by atoms with van der Waals surface area (Å²) in [6, 6.07) is 6.59. The van der Waals surface area contributed by atoms with Crippen molar-refractivity contribution in [3.63, 3.8) is 0 Å². The van der Waals surface area contributed by atoms with Crippen LogP contribution < -0.4 is 15.2 Å². The van der Waals surface area contributed by atoms with Crippen LogP contribution in [0.4, 0.5) is 5.95 Å². The quantitative estimate of drug-likeness (QED) is 0.911. The molecule has 0 saturated heterocycles. The second kappa shape index (κ2) is 5.37. The van der Waals surface area contributed by atoms with E-state index in [4.69, 9.17) is 32.1 Å². The number of nitrogens with two attached hydrogens (primary N) is 1. The van der Waals surface area contributed by atoms with Crippen molar-refractivity contribution in [2.75, 3.05) is 12.8 Å². The van der Waals surface area contributed by atoms with E-state index in [2.05, 4.69) is 15.0 Å². The highest BCUT2D eigenvalue weighted by molar-refractivity contribution is 6.28. The fraction of sp³-hybridized carbons (Fsp3) is 0.0909. The van der Waals surface area contributed by atoms with Crippen LogP contribution in [0.1, 0.15) is 5.56 Å². The van der Waals surface area contributed by atoms with Crippen LogP contribution in [0.25, 0.3) is 0 Å². The molecule has 7 nitrogen and oxygen atoms in total. The second-order valence-corrected chi connectivity index (χ2v) is 3.69. The minimum Gasteiger partial charge on any atom is -0.497 e. The molecule has 0 atom stereocenters. The minimum atomic E-state index is -0.0779. The molecule has 96 valence electrons. The number of aromatic nitrogens is 3. The molecule has 0 bridgehead atoms. The number of nitrogens with zero attached hydrogens (tertiary/aromatic N) is 4. The molecule has 8 heteroatoms. The third-order valence-electron chi connectivity index (χ3n) is 2.06. The number of nitrogen functional groups attached to an aromatic ring is 1. The first kappa shape index (κ1) is 12.9. The molecule has 1 aromatic heterocycles. The van der Waals surface area contributed by atoms with Gasteiger partial charge in [-0.15, -0.1) is 0 Å². The van der Waals surface area contributed by atoms with Crippen LogP contribution >= 0.6 is 11.6 Å². The predicted molar refractivity (Wildman–Crippen MR) is 67.0 cm³/mol. The van der Waals surface area contributed by atoms with Crippen molar-refractivity contribution in [2.45, 2.75) is 0 Å². The average molecular weight is 278 g/mol. The van der Waals surface area contributed by atoms with E-state index in [0.717, 1.165) is 0 Å². The number of nitriles is 1. The molecular weight excluding hydrogens is 270 g/mol. The topological polar surface area (TPSA) is 107 Å². The van der Waals surface area contributed by atoms with Gasteiger partial charge in [-0.3, -0.25) is 0 Å². The lowest BCUT2D eigenvalue weighted by atomic mass is 10.2. The van der Waals surface area contributed by atoms with E-state index in [1.165, 1.54) is 13.2 Å². The summed E-state index contributed by atoms with van der Waals surface area (Å²) in [6.45, 7) is 0. The highest BCUT2D eigenvalue weighted by Gasteiger charge is 2.08. The fourth-order valence-electron chi connectivity index (χ4n) is 1.31. The Labute approximate surface area is 113 Å². The van der Waals surface area contributed by atoms with E-state index in [1.807, 2.05) is 6.07 Å². The molecule has 2 N–H and O–H groups in total. The van der Waals surface area contributed by atoms with Gasteiger partial charge in [-0.05, 0) is 23.7 Å². The molecule has 0 aliphatic rings. The Hall–Kier alpha value is -2.59. The molecule has 0 fully saturated rings. The number of hydrogen-bond donors (Lipinski definition) is 1. The van der Waals surface area contributed by atoms with Crippen LogP contribution in [0.15, 0.2) is 18.2 Å². The van der Waals surface area contributed by atoms with Gasteiger partial charge >= 0.3 is 6.01 Å². The fourth-order valence-corrected chi connectivity index (χ4v) is 1.47. The summed E-state index contributed by atoms with van der Waals surface area (Å²) in [6.07, 6.45) is 0. The maximum atomic E-state index is 8.89. The maximum Gasteiger partial charge on any atom is 0.328 e. The highest BCUT2D eigenvalue weighted by atomic mass is 35.5. The summed E-state index contributed by atoms with van der Waals surface area (Å²) < 4.78 is 10.4. The molecule has 1 heterocycles. The largest absolute Gasteiger partial charge is 0.497 e. The molecule has 1 aromatic carbocycles. The Morgan fingerprint density at radius 3 is 2.58 bits per heavy atom. The van der Waals surface area contributed by atoms with Gasteiger partial charge in [-0.2, -0.15) is 20.2 Å². The second-order valence-electron chi connectivity index (χ2n) is 3.36. The van der Waals surface area contributed by atoms with Gasteiger partial charge in [0.15, 0.2) is 0 Å². The SMILES string of the molecule is COc1cc(C#N)cc(Oc2nc(N)nc(Cl)n2)c1. The molecule has 0 radical (unpaired) electrons. The summed E-state index contributed by atoms with van der Waals surface area (Å²) in [7, 11) is 1.48. The Balaban J connectivity index is 2.35. The summed E-state index contributed by atoms with van der Waals surface area (Å²) in [5.41, 5.74) is 5.80. The van der Waals surface area contributed by atoms with E-state index < -0.39 is 0 Å². The van der Waals surface area contributed by atoms with E-state index in [0.29, 0.717) is 17.1 Å². The molecule has 0 aliphatic carbocycles. The lowest BCUT2D eigenvalue weighted by Crippen LogP contribution is -2.00. The van der Waals surface area contributed by atoms with Gasteiger partial charge in [0.25, 0.3) is 0 Å². The first-order valence-electron chi connectivity index (χ1n) is 5.05. The number of hydrogen-bond acceptors (Lipinski definition) is 7. The lowest BCUT2D eigenvalue weighted by Gasteiger charge is -2.06. The minimum absolute atomic E-state index is 0.0570. The van der Waals surface area contributed by atoms with Gasteiger partial charge in [0.05, 0.1) is 18.7 Å². The van der Waals surface area contributed by atoms with Crippen molar-refractivity contribution in [3.8, 4) is 23.6 Å². The molecule has 0 saturated carbocycles. The molecule has 0 unspecified atom stereocenters. The molecule has 2 rings (SSSR count). The zero-order valence-electron chi connectivity index (χ0n) is 9.79. The third-order valence-corrected chi connectivity index (χ3v) is 2.23. The standard InChI is InChI=1S/C11H8ClN5O2/c1-18-7-2-6(5-13)3-8(4-7)19-11-16-9(12)15-10(14)17-11/h2-4H,1H3,(H2,14,15,16,17). The van der Waals surface area contributed by atoms with Crippen LogP contribution in [0.3, 0.4) is 0 Å². The van der Waals surface area contributed by atoms with Crippen LogP contribution in [0.5, 0.6) is 17.5 Å². The van der Waals surface area contributed by atoms with Crippen LogP contribution in [0, 0.1) is 11.3 Å². The van der Waals surface area contributed by atoms with Gasteiger partial charge in [-0.1, -0.05) is 0 Å². The monoisotopic (exact) mass is 277 g/mol. The van der Waals surface area contributed by atoms with Crippen LogP contribution in [0.2, 0.25) is 5.28 Å². The van der Waals surface area contributed by atoms with E-state index in [9.17, 15) is 0 Å². The zero-order valence-corrected chi connectivity index (χ0v) is 10.5. The van der Waals surface area contributed by atoms with Crippen molar-refractivity contribution in [3.05, 3.63) is 29.0 Å². The van der Waals surface area contributed by atoms with E-state index >= 15 is 0 Å². The van der Waals surface area contributed by atoms with E-state index in [-0.39, 0.29) is 17.2 Å². The normalized spacial score (nSPS) is 9.74. The molecule has 0 spiro atoms. The lowest BCUT2D eigenvalue weighted by molar-refractivity contribution is 0.404. The van der Waals surface area contributed by atoms with Crippen molar-refractivity contribution < 1.29 is 9.47 Å². The number of anilines is 1. The van der Waals surface area contributed by atoms with Crippen molar-refractivity contribution >= 4 is 17.5 Å². The highest BCUT2D eigenvalue weighted by Crippen LogP contribution is 2.25. The van der Waals surface area contributed by atoms with Crippen molar-refractivity contribution in [1.82, 2.24) is 15.0 Å². The molecule has 0 aliphatic heterocycles. The molecule has 2 aromatic rings. The Bertz CT molecular complexity index is 636. The van der Waals surface area contributed by atoms with Crippen molar-refractivity contribution in [1.29, 1.82) is 5.26 Å². The van der Waals surface area contributed by atoms with Gasteiger partial charge < -0.3 is 15.2 Å².